The predicted octanol–water partition coefficient (Wildman–Crippen LogP) is 1.19. The third-order valence-corrected chi connectivity index (χ3v) is 1.48. The van der Waals surface area contributed by atoms with E-state index in [1.807, 2.05) is 0 Å². The van der Waals surface area contributed by atoms with Crippen LogP contribution in [0.4, 0.5) is 0 Å². The fourth-order valence-electron chi connectivity index (χ4n) is 0.972. The number of carbonyl (C=O) groups excluding carboxylic acids is 2. The van der Waals surface area contributed by atoms with E-state index < -0.39 is 0 Å². The van der Waals surface area contributed by atoms with Gasteiger partial charge in [-0.3, -0.25) is 9.59 Å². The Labute approximate surface area is 65.0 Å². The van der Waals surface area contributed by atoms with Gasteiger partial charge in [0.05, 0.1) is 0 Å². The molecule has 3 heteroatoms. The van der Waals surface area contributed by atoms with E-state index in [9.17, 15) is 9.59 Å². The molecule has 11 heavy (non-hydrogen) atoms. The molecule has 0 unspecified atom stereocenters. The normalized spacial score (nSPS) is 17.5. The molecule has 0 amide bonds. The van der Waals surface area contributed by atoms with Crippen molar-refractivity contribution >= 4 is 11.8 Å². The van der Waals surface area contributed by atoms with Gasteiger partial charge in [0.15, 0.2) is 0 Å². The fraction of sp³-hybridized carbons (Fsp3) is 0.500. The van der Waals surface area contributed by atoms with Crippen LogP contribution in [0.5, 0.6) is 0 Å². The van der Waals surface area contributed by atoms with E-state index in [1.54, 1.807) is 6.08 Å². The van der Waals surface area contributed by atoms with Crippen LogP contribution in [-0.2, 0) is 14.3 Å². The monoisotopic (exact) mass is 154 g/mol. The Morgan fingerprint density at radius 3 is 2.73 bits per heavy atom. The van der Waals surface area contributed by atoms with Crippen LogP contribution in [0.2, 0.25) is 0 Å². The molecule has 1 aliphatic rings. The number of ketones is 1. The van der Waals surface area contributed by atoms with Gasteiger partial charge in [-0.2, -0.15) is 0 Å². The Morgan fingerprint density at radius 1 is 1.55 bits per heavy atom. The Bertz CT molecular complexity index is 215. The van der Waals surface area contributed by atoms with E-state index in [2.05, 4.69) is 0 Å². The lowest BCUT2D eigenvalue weighted by Gasteiger charge is -2.10. The molecule has 0 aromatic carbocycles. The van der Waals surface area contributed by atoms with Gasteiger partial charge in [0.25, 0.3) is 0 Å². The van der Waals surface area contributed by atoms with E-state index in [4.69, 9.17) is 4.74 Å². The van der Waals surface area contributed by atoms with E-state index in [0.717, 1.165) is 0 Å². The summed E-state index contributed by atoms with van der Waals surface area (Å²) in [4.78, 5) is 21.2. The average Bonchev–Trinajstić information content (AvgIpc) is 1.93. The van der Waals surface area contributed by atoms with Crippen molar-refractivity contribution in [3.63, 3.8) is 0 Å². The van der Waals surface area contributed by atoms with Gasteiger partial charge < -0.3 is 4.74 Å². The van der Waals surface area contributed by atoms with E-state index in [0.29, 0.717) is 25.0 Å². The Hall–Kier alpha value is -1.12. The quantitative estimate of drug-likeness (QED) is 0.533. The second-order valence-electron chi connectivity index (χ2n) is 2.51. The van der Waals surface area contributed by atoms with Crippen molar-refractivity contribution in [2.24, 2.45) is 0 Å². The maximum atomic E-state index is 10.7. The maximum Gasteiger partial charge on any atom is 0.307 e. The third-order valence-electron chi connectivity index (χ3n) is 1.48. The first-order valence-electron chi connectivity index (χ1n) is 3.57. The largest absolute Gasteiger partial charge is 0.432 e. The van der Waals surface area contributed by atoms with E-state index in [-0.39, 0.29) is 11.8 Å². The van der Waals surface area contributed by atoms with Crippen LogP contribution in [-0.4, -0.2) is 11.8 Å². The highest BCUT2D eigenvalue weighted by Gasteiger charge is 2.11. The molecule has 0 bridgehead atoms. The molecule has 0 saturated heterocycles. The molecule has 0 fully saturated rings. The van der Waals surface area contributed by atoms with Crippen molar-refractivity contribution in [1.82, 2.24) is 0 Å². The highest BCUT2D eigenvalue weighted by Crippen LogP contribution is 2.15. The number of hydrogen-bond acceptors (Lipinski definition) is 3. The predicted molar refractivity (Wildman–Crippen MR) is 38.7 cm³/mol. The molecular weight excluding hydrogens is 144 g/mol. The second kappa shape index (κ2) is 3.32. The van der Waals surface area contributed by atoms with Crippen molar-refractivity contribution in [3.05, 3.63) is 11.8 Å². The van der Waals surface area contributed by atoms with Gasteiger partial charge >= 0.3 is 5.97 Å². The molecule has 0 aromatic heterocycles. The van der Waals surface area contributed by atoms with Crippen molar-refractivity contribution in [1.29, 1.82) is 0 Å². The van der Waals surface area contributed by atoms with Crippen LogP contribution in [0.1, 0.15) is 26.2 Å². The van der Waals surface area contributed by atoms with Crippen molar-refractivity contribution in [2.75, 3.05) is 0 Å². The van der Waals surface area contributed by atoms with Gasteiger partial charge in [-0.05, 0) is 6.08 Å². The number of ether oxygens (including phenoxy) is 1. The van der Waals surface area contributed by atoms with Gasteiger partial charge in [-0.25, -0.2) is 0 Å². The van der Waals surface area contributed by atoms with Gasteiger partial charge in [-0.1, -0.05) is 0 Å². The zero-order valence-corrected chi connectivity index (χ0v) is 6.42. The molecule has 0 atom stereocenters. The van der Waals surface area contributed by atoms with Crippen LogP contribution < -0.4 is 0 Å². The lowest BCUT2D eigenvalue weighted by atomic mass is 10.1. The highest BCUT2D eigenvalue weighted by molar-refractivity contribution is 5.81. The van der Waals surface area contributed by atoms with Crippen LogP contribution >= 0.6 is 0 Å². The fourth-order valence-corrected chi connectivity index (χ4v) is 0.972. The first kappa shape index (κ1) is 7.98. The minimum absolute atomic E-state index is 0.209. The molecule has 0 saturated carbocycles. The van der Waals surface area contributed by atoms with E-state index >= 15 is 0 Å². The number of esters is 1. The first-order chi connectivity index (χ1) is 5.18. The second-order valence-corrected chi connectivity index (χ2v) is 2.51. The minimum Gasteiger partial charge on any atom is -0.432 e. The third kappa shape index (κ3) is 2.53. The molecule has 0 N–H and O–H groups in total. The van der Waals surface area contributed by atoms with Gasteiger partial charge in [0, 0.05) is 26.2 Å². The van der Waals surface area contributed by atoms with Gasteiger partial charge in [-0.15, -0.1) is 0 Å². The number of Topliss-reactive ketones (excluding diaryl/α,β-unsaturated/α-hetero) is 1. The SMILES string of the molecule is CC(=O)OC1=CCC(=O)CC1. The molecule has 0 aromatic rings. The summed E-state index contributed by atoms with van der Waals surface area (Å²) in [6, 6.07) is 0. The number of rotatable bonds is 1. The number of carbonyl (C=O) groups is 2. The summed E-state index contributed by atoms with van der Waals surface area (Å²) in [6.07, 6.45) is 3.15. The van der Waals surface area contributed by atoms with Crippen LogP contribution in [0.15, 0.2) is 11.8 Å². The summed E-state index contributed by atoms with van der Waals surface area (Å²) >= 11 is 0. The zero-order chi connectivity index (χ0) is 8.27. The lowest BCUT2D eigenvalue weighted by Crippen LogP contribution is -2.07. The summed E-state index contributed by atoms with van der Waals surface area (Å²) in [5.41, 5.74) is 0. The van der Waals surface area contributed by atoms with Gasteiger partial charge in [0.1, 0.15) is 11.5 Å². The molecular formula is C8H10O3. The number of allylic oxidation sites excluding steroid dienone is 2. The zero-order valence-electron chi connectivity index (χ0n) is 6.42. The Morgan fingerprint density at radius 2 is 2.27 bits per heavy atom. The average molecular weight is 154 g/mol. The van der Waals surface area contributed by atoms with Gasteiger partial charge in [0.2, 0.25) is 0 Å². The molecule has 0 spiro atoms. The maximum absolute atomic E-state index is 10.7. The summed E-state index contributed by atoms with van der Waals surface area (Å²) < 4.78 is 4.81. The number of hydrogen-bond donors (Lipinski definition) is 0. The summed E-state index contributed by atoms with van der Waals surface area (Å²) in [5, 5.41) is 0. The Kier molecular flexibility index (Phi) is 2.41. The summed E-state index contributed by atoms with van der Waals surface area (Å²) in [5.74, 6) is 0.531. The molecule has 60 valence electrons. The first-order valence-corrected chi connectivity index (χ1v) is 3.57. The van der Waals surface area contributed by atoms with Crippen LogP contribution in [0.3, 0.4) is 0 Å². The van der Waals surface area contributed by atoms with Crippen molar-refractivity contribution < 1.29 is 14.3 Å². The summed E-state index contributed by atoms with van der Waals surface area (Å²) in [6.45, 7) is 1.36. The summed E-state index contributed by atoms with van der Waals surface area (Å²) in [7, 11) is 0. The standard InChI is InChI=1S/C8H10O3/c1-6(9)11-8-4-2-7(10)3-5-8/h4H,2-3,5H2,1H3. The highest BCUT2D eigenvalue weighted by atomic mass is 16.5. The lowest BCUT2D eigenvalue weighted by molar-refractivity contribution is -0.137. The molecule has 1 rings (SSSR count). The van der Waals surface area contributed by atoms with Crippen molar-refractivity contribution in [3.8, 4) is 0 Å². The molecule has 3 nitrogen and oxygen atoms in total. The molecule has 0 heterocycles. The van der Waals surface area contributed by atoms with Crippen molar-refractivity contribution in [2.45, 2.75) is 26.2 Å². The smallest absolute Gasteiger partial charge is 0.307 e. The topological polar surface area (TPSA) is 43.4 Å². The van der Waals surface area contributed by atoms with Crippen LogP contribution in [0.25, 0.3) is 0 Å². The molecule has 0 aliphatic heterocycles. The Balaban J connectivity index is 2.48. The molecule has 1 aliphatic carbocycles. The van der Waals surface area contributed by atoms with Crippen LogP contribution in [0, 0.1) is 0 Å². The molecule has 0 radical (unpaired) electrons. The van der Waals surface area contributed by atoms with E-state index in [1.165, 1.54) is 6.92 Å². The minimum atomic E-state index is -0.314.